The van der Waals surface area contributed by atoms with E-state index in [1.165, 1.54) is 20.3 Å². The van der Waals surface area contributed by atoms with Crippen LogP contribution in [0, 0.1) is 15.5 Å². The predicted octanol–water partition coefficient (Wildman–Crippen LogP) is 2.23. The fraction of sp³-hybridized carbons (Fsp3) is 0.632. The monoisotopic (exact) mass is 431 g/mol. The topological polar surface area (TPSA) is 126 Å². The Balaban J connectivity index is 0.00000420. The molecule has 1 aliphatic rings. The van der Waals surface area contributed by atoms with Crippen molar-refractivity contribution in [2.45, 2.75) is 45.3 Å². The summed E-state index contributed by atoms with van der Waals surface area (Å²) in [5.74, 6) is 0.391. The van der Waals surface area contributed by atoms with Crippen LogP contribution in [-0.4, -0.2) is 49.8 Å². The van der Waals surface area contributed by atoms with E-state index in [1.807, 2.05) is 20.8 Å². The molecule has 0 bridgehead atoms. The van der Waals surface area contributed by atoms with E-state index in [1.54, 1.807) is 6.07 Å². The number of ether oxygens (including phenoxy) is 3. The molecule has 29 heavy (non-hydrogen) atoms. The summed E-state index contributed by atoms with van der Waals surface area (Å²) < 4.78 is 16.0. The van der Waals surface area contributed by atoms with Crippen LogP contribution in [0.3, 0.4) is 0 Å². The van der Waals surface area contributed by atoms with Crippen LogP contribution in [0.15, 0.2) is 12.1 Å². The SMILES string of the molecule is CCOC1CC(N)(C(=O)NCCc2cc(OC)c(OC)cc2[N+](=O)[O-])C1(C)C.Cl. The molecule has 0 aromatic heterocycles. The van der Waals surface area contributed by atoms with Gasteiger partial charge in [0.2, 0.25) is 5.91 Å². The van der Waals surface area contributed by atoms with Crippen molar-refractivity contribution in [1.29, 1.82) is 0 Å². The van der Waals surface area contributed by atoms with Crippen molar-refractivity contribution < 1.29 is 23.9 Å². The normalized spacial score (nSPS) is 22.1. The molecule has 1 fully saturated rings. The summed E-state index contributed by atoms with van der Waals surface area (Å²) in [5, 5.41) is 14.2. The number of hydrogen-bond donors (Lipinski definition) is 2. The number of amides is 1. The maximum Gasteiger partial charge on any atom is 0.276 e. The second kappa shape index (κ2) is 9.60. The van der Waals surface area contributed by atoms with Crippen LogP contribution in [0.2, 0.25) is 0 Å². The Morgan fingerprint density at radius 2 is 1.90 bits per heavy atom. The minimum absolute atomic E-state index is 0. The minimum Gasteiger partial charge on any atom is -0.493 e. The third-order valence-electron chi connectivity index (χ3n) is 5.70. The summed E-state index contributed by atoms with van der Waals surface area (Å²) in [6, 6.07) is 2.88. The van der Waals surface area contributed by atoms with Gasteiger partial charge in [-0.05, 0) is 19.4 Å². The van der Waals surface area contributed by atoms with Gasteiger partial charge in [0.25, 0.3) is 5.69 Å². The molecule has 0 aliphatic heterocycles. The average Bonchev–Trinajstić information content (AvgIpc) is 2.66. The Kier molecular flexibility index (Phi) is 8.25. The first-order chi connectivity index (χ1) is 13.1. The van der Waals surface area contributed by atoms with Crippen molar-refractivity contribution in [3.63, 3.8) is 0 Å². The highest BCUT2D eigenvalue weighted by atomic mass is 35.5. The van der Waals surface area contributed by atoms with Crippen molar-refractivity contribution in [3.05, 3.63) is 27.8 Å². The van der Waals surface area contributed by atoms with E-state index in [0.717, 1.165) is 0 Å². The molecular weight excluding hydrogens is 402 g/mol. The highest BCUT2D eigenvalue weighted by Crippen LogP contribution is 2.49. The molecule has 1 aromatic rings. The summed E-state index contributed by atoms with van der Waals surface area (Å²) in [7, 11) is 2.87. The maximum absolute atomic E-state index is 12.7. The highest BCUT2D eigenvalue weighted by molar-refractivity contribution is 5.88. The molecule has 10 heteroatoms. The summed E-state index contributed by atoms with van der Waals surface area (Å²) in [6.45, 7) is 6.51. The predicted molar refractivity (Wildman–Crippen MR) is 111 cm³/mol. The van der Waals surface area contributed by atoms with Crippen LogP contribution in [-0.2, 0) is 16.0 Å². The zero-order valence-electron chi connectivity index (χ0n) is 17.4. The van der Waals surface area contributed by atoms with E-state index < -0.39 is 15.9 Å². The van der Waals surface area contributed by atoms with Gasteiger partial charge in [0.05, 0.1) is 31.3 Å². The first-order valence-electron chi connectivity index (χ1n) is 9.20. The van der Waals surface area contributed by atoms with Gasteiger partial charge in [-0.25, -0.2) is 0 Å². The lowest BCUT2D eigenvalue weighted by Crippen LogP contribution is -2.75. The molecule has 9 nitrogen and oxygen atoms in total. The van der Waals surface area contributed by atoms with Crippen molar-refractivity contribution >= 4 is 24.0 Å². The van der Waals surface area contributed by atoms with Gasteiger partial charge < -0.3 is 25.3 Å². The lowest BCUT2D eigenvalue weighted by Gasteiger charge is -2.57. The molecule has 2 atom stereocenters. The second-order valence-corrected chi connectivity index (χ2v) is 7.44. The van der Waals surface area contributed by atoms with Gasteiger partial charge >= 0.3 is 0 Å². The molecule has 3 N–H and O–H groups in total. The van der Waals surface area contributed by atoms with Crippen molar-refractivity contribution in [2.24, 2.45) is 11.1 Å². The molecule has 2 unspecified atom stereocenters. The van der Waals surface area contributed by atoms with Gasteiger partial charge in [0.15, 0.2) is 11.5 Å². The summed E-state index contributed by atoms with van der Waals surface area (Å²) in [4.78, 5) is 23.6. The molecule has 0 saturated heterocycles. The van der Waals surface area contributed by atoms with Gasteiger partial charge in [0, 0.05) is 30.6 Å². The number of nitrogens with one attached hydrogen (secondary N) is 1. The maximum atomic E-state index is 12.7. The number of carbonyl (C=O) groups excluding carboxylic acids is 1. The van der Waals surface area contributed by atoms with Crippen LogP contribution < -0.4 is 20.5 Å². The van der Waals surface area contributed by atoms with Gasteiger partial charge in [-0.1, -0.05) is 13.8 Å². The standard InChI is InChI=1S/C19H29N3O6.ClH/c1-6-28-16-11-19(20,18(16,2)3)17(23)21-8-7-12-9-14(26-4)15(27-5)10-13(12)22(24)25;/h9-10,16H,6-8,11,20H2,1-5H3,(H,21,23);1H. The molecule has 1 aliphatic carbocycles. The van der Waals surface area contributed by atoms with E-state index in [2.05, 4.69) is 5.32 Å². The minimum atomic E-state index is -1.03. The first kappa shape index (κ1) is 24.9. The number of methoxy groups -OCH3 is 2. The number of benzene rings is 1. The highest BCUT2D eigenvalue weighted by Gasteiger charge is 2.62. The lowest BCUT2D eigenvalue weighted by molar-refractivity contribution is -0.385. The number of rotatable bonds is 9. The fourth-order valence-corrected chi connectivity index (χ4v) is 3.57. The molecule has 1 amide bonds. The number of nitrogens with zero attached hydrogens (tertiary/aromatic N) is 1. The van der Waals surface area contributed by atoms with E-state index in [4.69, 9.17) is 19.9 Å². The van der Waals surface area contributed by atoms with Crippen molar-refractivity contribution in [1.82, 2.24) is 5.32 Å². The number of hydrogen-bond acceptors (Lipinski definition) is 7. The van der Waals surface area contributed by atoms with Gasteiger partial charge in [-0.2, -0.15) is 0 Å². The lowest BCUT2D eigenvalue weighted by atomic mass is 9.54. The Labute approximate surface area is 176 Å². The Morgan fingerprint density at radius 3 is 2.38 bits per heavy atom. The Hall–Kier alpha value is -2.10. The van der Waals surface area contributed by atoms with E-state index in [9.17, 15) is 14.9 Å². The molecule has 0 radical (unpaired) electrons. The van der Waals surface area contributed by atoms with Gasteiger partial charge in [0.1, 0.15) is 5.54 Å². The van der Waals surface area contributed by atoms with Crippen LogP contribution >= 0.6 is 12.4 Å². The van der Waals surface area contributed by atoms with E-state index >= 15 is 0 Å². The fourth-order valence-electron chi connectivity index (χ4n) is 3.57. The summed E-state index contributed by atoms with van der Waals surface area (Å²) in [6.07, 6.45) is 0.629. The van der Waals surface area contributed by atoms with Crippen LogP contribution in [0.5, 0.6) is 11.5 Å². The molecular formula is C19H30ClN3O6. The summed E-state index contributed by atoms with van der Waals surface area (Å²) in [5.41, 5.74) is 5.17. The molecule has 0 heterocycles. The molecule has 2 rings (SSSR count). The third kappa shape index (κ3) is 4.57. The van der Waals surface area contributed by atoms with Crippen LogP contribution in [0.25, 0.3) is 0 Å². The average molecular weight is 432 g/mol. The number of carbonyl (C=O) groups is 1. The van der Waals surface area contributed by atoms with Crippen molar-refractivity contribution in [2.75, 3.05) is 27.4 Å². The quantitative estimate of drug-likeness (QED) is 0.453. The second-order valence-electron chi connectivity index (χ2n) is 7.44. The van der Waals surface area contributed by atoms with Gasteiger partial charge in [-0.15, -0.1) is 12.4 Å². The third-order valence-corrected chi connectivity index (χ3v) is 5.70. The zero-order chi connectivity index (χ0) is 21.1. The Bertz CT molecular complexity index is 758. The zero-order valence-corrected chi connectivity index (χ0v) is 18.3. The smallest absolute Gasteiger partial charge is 0.276 e. The van der Waals surface area contributed by atoms with Crippen LogP contribution in [0.4, 0.5) is 5.69 Å². The molecule has 164 valence electrons. The number of halogens is 1. The molecule has 1 saturated carbocycles. The van der Waals surface area contributed by atoms with Crippen molar-refractivity contribution in [3.8, 4) is 11.5 Å². The largest absolute Gasteiger partial charge is 0.493 e. The number of nitrogens with two attached hydrogens (primary N) is 1. The summed E-state index contributed by atoms with van der Waals surface area (Å²) >= 11 is 0. The number of nitro groups is 1. The first-order valence-corrected chi connectivity index (χ1v) is 9.20. The van der Waals surface area contributed by atoms with E-state index in [-0.39, 0.29) is 48.8 Å². The Morgan fingerprint density at radius 1 is 1.31 bits per heavy atom. The molecule has 0 spiro atoms. The molecule has 1 aromatic carbocycles. The number of nitro benzene ring substituents is 1. The van der Waals surface area contributed by atoms with Gasteiger partial charge in [-0.3, -0.25) is 14.9 Å². The van der Waals surface area contributed by atoms with E-state index in [0.29, 0.717) is 24.3 Å². The van der Waals surface area contributed by atoms with Crippen LogP contribution in [0.1, 0.15) is 32.8 Å².